The van der Waals surface area contributed by atoms with Gasteiger partial charge in [-0.05, 0) is 54.3 Å². The molecular formula is C23H21NO3. The van der Waals surface area contributed by atoms with Crippen molar-refractivity contribution in [2.75, 3.05) is 11.9 Å². The topological polar surface area (TPSA) is 55.4 Å². The van der Waals surface area contributed by atoms with Gasteiger partial charge in [-0.1, -0.05) is 54.6 Å². The summed E-state index contributed by atoms with van der Waals surface area (Å²) in [5, 5.41) is 2.75. The van der Waals surface area contributed by atoms with Gasteiger partial charge >= 0.3 is 5.97 Å². The van der Waals surface area contributed by atoms with Crippen LogP contribution in [-0.2, 0) is 9.53 Å². The summed E-state index contributed by atoms with van der Waals surface area (Å²) in [6.45, 7) is 3.65. The van der Waals surface area contributed by atoms with Crippen LogP contribution in [0.4, 0.5) is 5.69 Å². The minimum absolute atomic E-state index is 0.338. The van der Waals surface area contributed by atoms with Crippen molar-refractivity contribution in [3.8, 4) is 11.1 Å². The van der Waals surface area contributed by atoms with Crippen LogP contribution in [0.1, 0.15) is 21.5 Å². The summed E-state index contributed by atoms with van der Waals surface area (Å²) >= 11 is 0. The van der Waals surface area contributed by atoms with Crippen molar-refractivity contribution in [1.29, 1.82) is 0 Å². The standard InChI is InChI=1S/C23H21NO3/c1-16-12-13-19(14-17(16)2)24-22(25)15-27-23(26)21-11-7-6-10-20(21)18-8-4-3-5-9-18/h3-14H,15H2,1-2H3,(H,24,25). The lowest BCUT2D eigenvalue weighted by atomic mass is 10.00. The number of amides is 1. The van der Waals surface area contributed by atoms with Gasteiger partial charge in [-0.3, -0.25) is 4.79 Å². The zero-order valence-corrected chi connectivity index (χ0v) is 15.4. The van der Waals surface area contributed by atoms with E-state index in [2.05, 4.69) is 5.32 Å². The first-order valence-electron chi connectivity index (χ1n) is 8.73. The Hall–Kier alpha value is -3.40. The van der Waals surface area contributed by atoms with Gasteiger partial charge in [-0.25, -0.2) is 4.79 Å². The summed E-state index contributed by atoms with van der Waals surface area (Å²) in [4.78, 5) is 24.6. The van der Waals surface area contributed by atoms with Crippen LogP contribution in [0.25, 0.3) is 11.1 Å². The highest BCUT2D eigenvalue weighted by Crippen LogP contribution is 2.24. The molecule has 4 nitrogen and oxygen atoms in total. The van der Waals surface area contributed by atoms with E-state index in [0.717, 1.165) is 22.3 Å². The third-order valence-corrected chi connectivity index (χ3v) is 4.36. The van der Waals surface area contributed by atoms with E-state index in [1.54, 1.807) is 12.1 Å². The number of carbonyl (C=O) groups excluding carboxylic acids is 2. The third-order valence-electron chi connectivity index (χ3n) is 4.36. The maximum absolute atomic E-state index is 12.5. The molecule has 0 saturated heterocycles. The summed E-state index contributed by atoms with van der Waals surface area (Å²) in [5.41, 5.74) is 5.05. The van der Waals surface area contributed by atoms with Crippen LogP contribution in [0.3, 0.4) is 0 Å². The van der Waals surface area contributed by atoms with Gasteiger partial charge in [-0.2, -0.15) is 0 Å². The molecule has 3 rings (SSSR count). The highest BCUT2D eigenvalue weighted by molar-refractivity contribution is 5.99. The molecule has 4 heteroatoms. The smallest absolute Gasteiger partial charge is 0.339 e. The van der Waals surface area contributed by atoms with Gasteiger partial charge in [0.25, 0.3) is 5.91 Å². The average Bonchev–Trinajstić information content (AvgIpc) is 2.69. The van der Waals surface area contributed by atoms with Gasteiger partial charge in [0.05, 0.1) is 5.56 Å². The van der Waals surface area contributed by atoms with E-state index in [-0.39, 0.29) is 12.5 Å². The largest absolute Gasteiger partial charge is 0.452 e. The molecule has 3 aromatic carbocycles. The molecule has 0 aliphatic heterocycles. The maximum Gasteiger partial charge on any atom is 0.339 e. The Kier molecular flexibility index (Phi) is 5.67. The predicted molar refractivity (Wildman–Crippen MR) is 107 cm³/mol. The van der Waals surface area contributed by atoms with E-state index >= 15 is 0 Å². The molecule has 1 amide bonds. The van der Waals surface area contributed by atoms with Crippen LogP contribution in [-0.4, -0.2) is 18.5 Å². The van der Waals surface area contributed by atoms with E-state index < -0.39 is 5.97 Å². The maximum atomic E-state index is 12.5. The highest BCUT2D eigenvalue weighted by atomic mass is 16.5. The number of benzene rings is 3. The molecule has 0 radical (unpaired) electrons. The van der Waals surface area contributed by atoms with Crippen LogP contribution in [0.5, 0.6) is 0 Å². The highest BCUT2D eigenvalue weighted by Gasteiger charge is 2.15. The molecule has 3 aromatic rings. The van der Waals surface area contributed by atoms with Crippen molar-refractivity contribution in [3.05, 3.63) is 89.5 Å². The van der Waals surface area contributed by atoms with Crippen molar-refractivity contribution in [1.82, 2.24) is 0 Å². The van der Waals surface area contributed by atoms with Crippen LogP contribution in [0.2, 0.25) is 0 Å². The molecule has 0 aromatic heterocycles. The molecule has 0 heterocycles. The van der Waals surface area contributed by atoms with Gasteiger partial charge in [0.15, 0.2) is 6.61 Å². The van der Waals surface area contributed by atoms with Gasteiger partial charge in [0.2, 0.25) is 0 Å². The minimum Gasteiger partial charge on any atom is -0.452 e. The lowest BCUT2D eigenvalue weighted by molar-refractivity contribution is -0.119. The number of esters is 1. The molecule has 0 bridgehead atoms. The first-order chi connectivity index (χ1) is 13.0. The molecule has 0 saturated carbocycles. The Morgan fingerprint density at radius 2 is 1.56 bits per heavy atom. The summed E-state index contributed by atoms with van der Waals surface area (Å²) < 4.78 is 5.23. The molecule has 0 spiro atoms. The predicted octanol–water partition coefficient (Wildman–Crippen LogP) is 4.77. The minimum atomic E-state index is -0.523. The number of carbonyl (C=O) groups is 2. The fourth-order valence-corrected chi connectivity index (χ4v) is 2.76. The first-order valence-corrected chi connectivity index (χ1v) is 8.73. The molecule has 27 heavy (non-hydrogen) atoms. The van der Waals surface area contributed by atoms with E-state index in [1.807, 2.05) is 74.5 Å². The van der Waals surface area contributed by atoms with Crippen molar-refractivity contribution < 1.29 is 14.3 Å². The van der Waals surface area contributed by atoms with Crippen LogP contribution < -0.4 is 5.32 Å². The van der Waals surface area contributed by atoms with Crippen LogP contribution in [0.15, 0.2) is 72.8 Å². The number of hydrogen-bond donors (Lipinski definition) is 1. The summed E-state index contributed by atoms with van der Waals surface area (Å²) in [6.07, 6.45) is 0. The lowest BCUT2D eigenvalue weighted by Gasteiger charge is -2.11. The van der Waals surface area contributed by atoms with Gasteiger partial charge in [-0.15, -0.1) is 0 Å². The summed E-state index contributed by atoms with van der Waals surface area (Å²) in [6, 6.07) is 22.5. The third kappa shape index (κ3) is 4.61. The van der Waals surface area contributed by atoms with Crippen LogP contribution in [0, 0.1) is 13.8 Å². The van der Waals surface area contributed by atoms with Crippen molar-refractivity contribution in [3.63, 3.8) is 0 Å². The molecule has 1 N–H and O–H groups in total. The molecule has 0 fully saturated rings. The second kappa shape index (κ2) is 8.32. The molecule has 136 valence electrons. The number of hydrogen-bond acceptors (Lipinski definition) is 3. The SMILES string of the molecule is Cc1ccc(NC(=O)COC(=O)c2ccccc2-c2ccccc2)cc1C. The molecule has 0 atom stereocenters. The zero-order chi connectivity index (χ0) is 19.2. The van der Waals surface area contributed by atoms with Gasteiger partial charge in [0, 0.05) is 5.69 Å². The first kappa shape index (κ1) is 18.4. The average molecular weight is 359 g/mol. The fourth-order valence-electron chi connectivity index (χ4n) is 2.76. The number of anilines is 1. The van der Waals surface area contributed by atoms with Crippen molar-refractivity contribution >= 4 is 17.6 Å². The number of ether oxygens (including phenoxy) is 1. The Bertz CT molecular complexity index is 964. The Balaban J connectivity index is 1.66. The summed E-state index contributed by atoms with van der Waals surface area (Å²) in [7, 11) is 0. The summed E-state index contributed by atoms with van der Waals surface area (Å²) in [5.74, 6) is -0.895. The van der Waals surface area contributed by atoms with Crippen molar-refractivity contribution in [2.24, 2.45) is 0 Å². The second-order valence-corrected chi connectivity index (χ2v) is 6.33. The molecule has 0 unspecified atom stereocenters. The Morgan fingerprint density at radius 3 is 2.30 bits per heavy atom. The molecular weight excluding hydrogens is 338 g/mol. The Labute approximate surface area is 158 Å². The van der Waals surface area contributed by atoms with Gasteiger partial charge in [0.1, 0.15) is 0 Å². The second-order valence-electron chi connectivity index (χ2n) is 6.33. The van der Waals surface area contributed by atoms with Crippen molar-refractivity contribution in [2.45, 2.75) is 13.8 Å². The van der Waals surface area contributed by atoms with E-state index in [9.17, 15) is 9.59 Å². The quantitative estimate of drug-likeness (QED) is 0.668. The van der Waals surface area contributed by atoms with Crippen LogP contribution >= 0.6 is 0 Å². The normalized spacial score (nSPS) is 10.3. The number of nitrogens with one attached hydrogen (secondary N) is 1. The number of aryl methyl sites for hydroxylation is 2. The van der Waals surface area contributed by atoms with E-state index in [4.69, 9.17) is 4.74 Å². The monoisotopic (exact) mass is 359 g/mol. The Morgan fingerprint density at radius 1 is 0.852 bits per heavy atom. The fraction of sp³-hybridized carbons (Fsp3) is 0.130. The molecule has 0 aliphatic rings. The van der Waals surface area contributed by atoms with E-state index in [0.29, 0.717) is 11.3 Å². The number of rotatable bonds is 5. The zero-order valence-electron chi connectivity index (χ0n) is 15.4. The lowest BCUT2D eigenvalue weighted by Crippen LogP contribution is -2.21. The van der Waals surface area contributed by atoms with Gasteiger partial charge < -0.3 is 10.1 Å². The molecule has 0 aliphatic carbocycles. The van der Waals surface area contributed by atoms with E-state index in [1.165, 1.54) is 0 Å².